The number of nitrogens with zero attached hydrogens (tertiary/aromatic N) is 5. The molecule has 2 aromatic heterocycles. The third-order valence-corrected chi connectivity index (χ3v) is 3.88. The molecule has 0 radical (unpaired) electrons. The van der Waals surface area contributed by atoms with Crippen LogP contribution in [0.25, 0.3) is 16.7 Å². The van der Waals surface area contributed by atoms with Gasteiger partial charge in [0.2, 0.25) is 5.91 Å². The van der Waals surface area contributed by atoms with Gasteiger partial charge in [-0.25, -0.2) is 13.8 Å². The first-order valence-electron chi connectivity index (χ1n) is 8.04. The molecule has 0 saturated heterocycles. The molecule has 0 aliphatic heterocycles. The number of hydrogen-bond donors (Lipinski definition) is 1. The topological polar surface area (TPSA) is 94.7 Å². The van der Waals surface area contributed by atoms with E-state index in [2.05, 4.69) is 20.7 Å². The summed E-state index contributed by atoms with van der Waals surface area (Å²) in [6, 6.07) is 14.5. The van der Waals surface area contributed by atoms with Crippen LogP contribution in [-0.4, -0.2) is 30.7 Å². The molecule has 2 heterocycles. The smallest absolute Gasteiger partial charge is 0.281 e. The molecule has 0 fully saturated rings. The Hall–Kier alpha value is -3.88. The summed E-state index contributed by atoms with van der Waals surface area (Å²) < 4.78 is 15.4. The molecule has 4 aromatic rings. The number of carbonyl (C=O) groups is 1. The summed E-state index contributed by atoms with van der Waals surface area (Å²) in [5, 5.41) is 14.9. The molecular formula is C18H13FN6O2. The van der Waals surface area contributed by atoms with Gasteiger partial charge in [0.1, 0.15) is 17.7 Å². The zero-order valence-corrected chi connectivity index (χ0v) is 13.9. The normalized spacial score (nSPS) is 10.9. The predicted molar refractivity (Wildman–Crippen MR) is 95.9 cm³/mol. The second-order valence-electron chi connectivity index (χ2n) is 5.74. The second kappa shape index (κ2) is 6.79. The predicted octanol–water partition coefficient (Wildman–Crippen LogP) is 1.75. The van der Waals surface area contributed by atoms with Gasteiger partial charge >= 0.3 is 0 Å². The van der Waals surface area contributed by atoms with Crippen LogP contribution in [0.5, 0.6) is 0 Å². The van der Waals surface area contributed by atoms with E-state index < -0.39 is 17.3 Å². The van der Waals surface area contributed by atoms with Crippen LogP contribution in [-0.2, 0) is 11.3 Å². The van der Waals surface area contributed by atoms with Gasteiger partial charge in [-0.05, 0) is 36.4 Å². The quantitative estimate of drug-likeness (QED) is 0.595. The van der Waals surface area contributed by atoms with Crippen molar-refractivity contribution in [1.82, 2.24) is 24.8 Å². The molecular weight excluding hydrogens is 351 g/mol. The Kier molecular flexibility index (Phi) is 4.17. The fourth-order valence-electron chi connectivity index (χ4n) is 2.60. The van der Waals surface area contributed by atoms with E-state index in [1.54, 1.807) is 0 Å². The van der Waals surface area contributed by atoms with Gasteiger partial charge in [-0.3, -0.25) is 9.59 Å². The van der Waals surface area contributed by atoms with Crippen molar-refractivity contribution in [2.45, 2.75) is 6.54 Å². The highest BCUT2D eigenvalue weighted by Crippen LogP contribution is 2.12. The minimum Gasteiger partial charge on any atom is -0.324 e. The first-order valence-corrected chi connectivity index (χ1v) is 8.04. The van der Waals surface area contributed by atoms with Crippen molar-refractivity contribution in [2.75, 3.05) is 5.32 Å². The zero-order chi connectivity index (χ0) is 18.8. The number of carbonyl (C=O) groups excluding carboxylic acids is 1. The number of fused-ring (bicyclic) bond motifs is 1. The van der Waals surface area contributed by atoms with Crippen LogP contribution in [0.2, 0.25) is 0 Å². The number of anilines is 1. The van der Waals surface area contributed by atoms with Crippen LogP contribution in [0.3, 0.4) is 0 Å². The number of hydrogen-bond acceptors (Lipinski definition) is 5. The third-order valence-electron chi connectivity index (χ3n) is 3.88. The van der Waals surface area contributed by atoms with E-state index in [4.69, 9.17) is 0 Å². The van der Waals surface area contributed by atoms with Gasteiger partial charge in [-0.2, -0.15) is 5.10 Å². The van der Waals surface area contributed by atoms with E-state index in [1.165, 1.54) is 35.1 Å². The summed E-state index contributed by atoms with van der Waals surface area (Å²) in [5.41, 5.74) is 0.992. The van der Waals surface area contributed by atoms with Gasteiger partial charge in [0.05, 0.1) is 11.9 Å². The summed E-state index contributed by atoms with van der Waals surface area (Å²) >= 11 is 0. The Balaban J connectivity index is 1.60. The van der Waals surface area contributed by atoms with Gasteiger partial charge < -0.3 is 5.32 Å². The highest BCUT2D eigenvalue weighted by Gasteiger charge is 2.14. The summed E-state index contributed by atoms with van der Waals surface area (Å²) in [7, 11) is 0. The zero-order valence-electron chi connectivity index (χ0n) is 13.9. The maximum atomic E-state index is 12.9. The number of nitrogens with one attached hydrogen (secondary N) is 1. The summed E-state index contributed by atoms with van der Waals surface area (Å²) in [4.78, 5) is 24.7. The Morgan fingerprint density at radius 3 is 2.56 bits per heavy atom. The molecule has 0 aliphatic carbocycles. The highest BCUT2D eigenvalue weighted by atomic mass is 19.1. The molecule has 0 unspecified atom stereocenters. The van der Waals surface area contributed by atoms with Crippen molar-refractivity contribution >= 4 is 22.6 Å². The Labute approximate surface area is 151 Å². The van der Waals surface area contributed by atoms with E-state index in [0.717, 1.165) is 10.4 Å². The van der Waals surface area contributed by atoms with Crippen molar-refractivity contribution in [3.8, 4) is 5.69 Å². The molecule has 0 atom stereocenters. The average molecular weight is 364 g/mol. The van der Waals surface area contributed by atoms with Crippen LogP contribution in [0.1, 0.15) is 0 Å². The monoisotopic (exact) mass is 364 g/mol. The first-order chi connectivity index (χ1) is 13.1. The van der Waals surface area contributed by atoms with Gasteiger partial charge in [0, 0.05) is 5.69 Å². The Morgan fingerprint density at radius 1 is 1.07 bits per heavy atom. The first kappa shape index (κ1) is 16.6. The number of para-hydroxylation sites is 1. The number of rotatable bonds is 4. The molecule has 1 amide bonds. The van der Waals surface area contributed by atoms with Crippen LogP contribution in [0, 0.1) is 5.82 Å². The van der Waals surface area contributed by atoms with Gasteiger partial charge in [-0.15, -0.1) is 5.10 Å². The van der Waals surface area contributed by atoms with Crippen molar-refractivity contribution in [3.63, 3.8) is 0 Å². The standard InChI is InChI=1S/C18H13FN6O2/c19-12-6-8-13(9-7-12)21-16(26)11-24-18(27)15-10-20-25(17(15)22-23-24)14-4-2-1-3-5-14/h1-10H,11H2,(H,21,26). The van der Waals surface area contributed by atoms with Crippen LogP contribution in [0.4, 0.5) is 10.1 Å². The summed E-state index contributed by atoms with van der Waals surface area (Å²) in [6.07, 6.45) is 1.40. The maximum Gasteiger partial charge on any atom is 0.281 e. The van der Waals surface area contributed by atoms with E-state index in [9.17, 15) is 14.0 Å². The third kappa shape index (κ3) is 3.30. The lowest BCUT2D eigenvalue weighted by Gasteiger charge is -2.06. The molecule has 2 aromatic carbocycles. The number of halogens is 1. The number of benzene rings is 2. The van der Waals surface area contributed by atoms with Crippen LogP contribution >= 0.6 is 0 Å². The molecule has 9 heteroatoms. The average Bonchev–Trinajstić information content (AvgIpc) is 3.11. The Bertz CT molecular complexity index is 1170. The minimum absolute atomic E-state index is 0.253. The van der Waals surface area contributed by atoms with E-state index in [1.807, 2.05) is 30.3 Å². The van der Waals surface area contributed by atoms with E-state index in [0.29, 0.717) is 11.3 Å². The molecule has 27 heavy (non-hydrogen) atoms. The maximum absolute atomic E-state index is 12.9. The van der Waals surface area contributed by atoms with Gasteiger partial charge in [0.15, 0.2) is 5.65 Å². The van der Waals surface area contributed by atoms with E-state index >= 15 is 0 Å². The SMILES string of the molecule is O=C(Cn1nnc2c(cnn2-c2ccccc2)c1=O)Nc1ccc(F)cc1. The fraction of sp³-hybridized carbons (Fsp3) is 0.0556. The largest absolute Gasteiger partial charge is 0.324 e. The Morgan fingerprint density at radius 2 is 1.81 bits per heavy atom. The van der Waals surface area contributed by atoms with Crippen molar-refractivity contribution in [1.29, 1.82) is 0 Å². The van der Waals surface area contributed by atoms with Crippen LogP contribution in [0.15, 0.2) is 65.6 Å². The molecule has 8 nitrogen and oxygen atoms in total. The van der Waals surface area contributed by atoms with Gasteiger partial charge in [-0.1, -0.05) is 23.4 Å². The molecule has 0 saturated carbocycles. The van der Waals surface area contributed by atoms with Crippen molar-refractivity contribution in [3.05, 3.63) is 77.0 Å². The van der Waals surface area contributed by atoms with Crippen LogP contribution < -0.4 is 10.9 Å². The lowest BCUT2D eigenvalue weighted by Crippen LogP contribution is -2.30. The lowest BCUT2D eigenvalue weighted by atomic mass is 10.3. The molecule has 134 valence electrons. The minimum atomic E-state index is -0.479. The summed E-state index contributed by atoms with van der Waals surface area (Å²) in [5.74, 6) is -0.885. The molecule has 1 N–H and O–H groups in total. The summed E-state index contributed by atoms with van der Waals surface area (Å²) in [6.45, 7) is -0.324. The molecule has 4 rings (SSSR count). The highest BCUT2D eigenvalue weighted by molar-refractivity contribution is 5.90. The fourth-order valence-corrected chi connectivity index (χ4v) is 2.60. The molecule has 0 bridgehead atoms. The molecule has 0 aliphatic rings. The second-order valence-corrected chi connectivity index (χ2v) is 5.74. The molecule has 0 spiro atoms. The lowest BCUT2D eigenvalue weighted by molar-refractivity contribution is -0.117. The van der Waals surface area contributed by atoms with Crippen molar-refractivity contribution < 1.29 is 9.18 Å². The van der Waals surface area contributed by atoms with E-state index in [-0.39, 0.29) is 11.9 Å². The number of aromatic nitrogens is 5. The van der Waals surface area contributed by atoms with Gasteiger partial charge in [0.25, 0.3) is 5.56 Å². The number of amides is 1. The van der Waals surface area contributed by atoms with Crippen molar-refractivity contribution in [2.24, 2.45) is 0 Å².